The van der Waals surface area contributed by atoms with Gasteiger partial charge in [0.15, 0.2) is 0 Å². The molecule has 0 aliphatic carbocycles. The van der Waals surface area contributed by atoms with E-state index in [9.17, 15) is 0 Å². The molecule has 0 unspecified atom stereocenters. The van der Waals surface area contributed by atoms with Gasteiger partial charge in [0.1, 0.15) is 0 Å². The summed E-state index contributed by atoms with van der Waals surface area (Å²) in [7, 11) is 0. The van der Waals surface area contributed by atoms with E-state index in [1.165, 1.54) is 0 Å². The minimum atomic E-state index is -0.701. The van der Waals surface area contributed by atoms with Gasteiger partial charge in [-0.1, -0.05) is 0 Å². The molecule has 0 spiro atoms. The van der Waals surface area contributed by atoms with E-state index < -0.39 is 6.48 Å². The molecule has 0 saturated carbocycles. The second-order valence-electron chi connectivity index (χ2n) is 1.18. The molecule has 0 bridgehead atoms. The van der Waals surface area contributed by atoms with Crippen LogP contribution in [0.5, 0.6) is 0 Å². The zero-order valence-corrected chi connectivity index (χ0v) is 7.95. The first kappa shape index (κ1) is 10.9. The van der Waals surface area contributed by atoms with Crippen molar-refractivity contribution in [1.82, 2.24) is 0 Å². The van der Waals surface area contributed by atoms with Gasteiger partial charge in [0.2, 0.25) is 0 Å². The molecule has 6 heteroatoms. The highest BCUT2D eigenvalue weighted by Gasteiger charge is 2.05. The lowest BCUT2D eigenvalue weighted by atomic mass is 11.2. The minimum absolute atomic E-state index is 0.242. The molecule has 0 saturated heterocycles. The molecule has 3 nitrogen and oxygen atoms in total. The Morgan fingerprint density at radius 1 is 0.800 bits per heavy atom. The zero-order chi connectivity index (χ0) is 7.82. The fourth-order valence-electron chi connectivity index (χ4n) is 0.327. The van der Waals surface area contributed by atoms with Crippen LogP contribution in [0.1, 0.15) is 0 Å². The summed E-state index contributed by atoms with van der Waals surface area (Å²) in [5, 5.41) is 0. The molecular formula is C4H10O3S3. The standard InChI is InChI=1S/C4H10O3S3/c8-1-5-4(6-2-9)7-3-10/h4,8-10H,1-3H2. The van der Waals surface area contributed by atoms with Crippen LogP contribution in [0.4, 0.5) is 0 Å². The molecule has 0 aromatic carbocycles. The van der Waals surface area contributed by atoms with E-state index in [1.54, 1.807) is 0 Å². The van der Waals surface area contributed by atoms with E-state index >= 15 is 0 Å². The first-order valence-corrected chi connectivity index (χ1v) is 4.42. The number of rotatable bonds is 6. The SMILES string of the molecule is SCOC(OCS)OCS. The van der Waals surface area contributed by atoms with Gasteiger partial charge in [0.05, 0.1) is 17.8 Å². The van der Waals surface area contributed by atoms with Crippen LogP contribution in [0.15, 0.2) is 0 Å². The van der Waals surface area contributed by atoms with Gasteiger partial charge in [-0.25, -0.2) is 0 Å². The highest BCUT2D eigenvalue weighted by molar-refractivity contribution is 7.80. The Balaban J connectivity index is 3.30. The topological polar surface area (TPSA) is 27.7 Å². The third-order valence-corrected chi connectivity index (χ3v) is 1.08. The molecule has 0 amide bonds. The second kappa shape index (κ2) is 8.03. The van der Waals surface area contributed by atoms with Crippen LogP contribution in [-0.2, 0) is 14.2 Å². The lowest BCUT2D eigenvalue weighted by molar-refractivity contribution is -0.262. The molecule has 0 aliphatic rings. The van der Waals surface area contributed by atoms with Crippen molar-refractivity contribution in [3.63, 3.8) is 0 Å². The average molecular weight is 202 g/mol. The normalized spacial score (nSPS) is 10.8. The maximum Gasteiger partial charge on any atom is 0.274 e. The van der Waals surface area contributed by atoms with Crippen LogP contribution in [0, 0.1) is 0 Å². The first-order valence-electron chi connectivity index (χ1n) is 2.52. The maximum absolute atomic E-state index is 4.84. The van der Waals surface area contributed by atoms with Crippen molar-refractivity contribution >= 4 is 37.9 Å². The van der Waals surface area contributed by atoms with Crippen molar-refractivity contribution in [2.24, 2.45) is 0 Å². The molecule has 62 valence electrons. The van der Waals surface area contributed by atoms with Crippen molar-refractivity contribution in [2.45, 2.75) is 6.48 Å². The summed E-state index contributed by atoms with van der Waals surface area (Å²) in [5.41, 5.74) is 0. The Morgan fingerprint density at radius 3 is 1.30 bits per heavy atom. The smallest absolute Gasteiger partial charge is 0.274 e. The first-order chi connectivity index (χ1) is 4.85. The van der Waals surface area contributed by atoms with Crippen molar-refractivity contribution in [2.75, 3.05) is 17.8 Å². The van der Waals surface area contributed by atoms with Gasteiger partial charge in [-0.15, -0.1) is 0 Å². The summed E-state index contributed by atoms with van der Waals surface area (Å²) in [6, 6.07) is 0. The molecule has 0 aromatic heterocycles. The van der Waals surface area contributed by atoms with E-state index in [0.29, 0.717) is 0 Å². The summed E-state index contributed by atoms with van der Waals surface area (Å²) in [4.78, 5) is 0. The Labute approximate surface area is 76.6 Å². The van der Waals surface area contributed by atoms with Gasteiger partial charge >= 0.3 is 0 Å². The second-order valence-corrected chi connectivity index (χ2v) is 1.95. The fourth-order valence-corrected chi connectivity index (χ4v) is 0.692. The van der Waals surface area contributed by atoms with E-state index in [1.807, 2.05) is 0 Å². The molecule has 0 radical (unpaired) electrons. The van der Waals surface area contributed by atoms with Crippen LogP contribution in [0.25, 0.3) is 0 Å². The van der Waals surface area contributed by atoms with Crippen LogP contribution in [0.3, 0.4) is 0 Å². The predicted octanol–water partition coefficient (Wildman–Crippen LogP) is 0.982. The monoisotopic (exact) mass is 202 g/mol. The molecule has 0 fully saturated rings. The van der Waals surface area contributed by atoms with E-state index in [4.69, 9.17) is 14.2 Å². The minimum Gasteiger partial charge on any atom is -0.319 e. The number of hydrogen-bond acceptors (Lipinski definition) is 6. The summed E-state index contributed by atoms with van der Waals surface area (Å²) in [6.07, 6.45) is 0. The Bertz CT molecular complexity index is 58.5. The molecule has 0 atom stereocenters. The number of ether oxygens (including phenoxy) is 3. The molecule has 0 heterocycles. The average Bonchev–Trinajstić information content (AvgIpc) is 1.90. The number of thiol groups is 3. The lowest BCUT2D eigenvalue weighted by Gasteiger charge is -2.14. The van der Waals surface area contributed by atoms with Gasteiger partial charge < -0.3 is 14.2 Å². The third kappa shape index (κ3) is 5.70. The predicted molar refractivity (Wildman–Crippen MR) is 48.6 cm³/mol. The van der Waals surface area contributed by atoms with Crippen LogP contribution in [0.2, 0.25) is 0 Å². The molecule has 0 aromatic rings. The summed E-state index contributed by atoms with van der Waals surface area (Å²) in [5.74, 6) is 0.727. The summed E-state index contributed by atoms with van der Waals surface area (Å²) < 4.78 is 14.5. The molecular weight excluding hydrogens is 192 g/mol. The fraction of sp³-hybridized carbons (Fsp3) is 1.00. The van der Waals surface area contributed by atoms with Crippen molar-refractivity contribution < 1.29 is 14.2 Å². The van der Waals surface area contributed by atoms with Gasteiger partial charge in [0.25, 0.3) is 6.48 Å². The third-order valence-electron chi connectivity index (χ3n) is 0.632. The molecule has 0 aliphatic heterocycles. The molecule has 0 rings (SSSR count). The maximum atomic E-state index is 4.84. The van der Waals surface area contributed by atoms with Crippen LogP contribution < -0.4 is 0 Å². The van der Waals surface area contributed by atoms with Crippen molar-refractivity contribution in [3.05, 3.63) is 0 Å². The van der Waals surface area contributed by atoms with E-state index in [2.05, 4.69) is 37.9 Å². The van der Waals surface area contributed by atoms with Gasteiger partial charge in [-0.2, -0.15) is 37.9 Å². The number of hydrogen-bond donors (Lipinski definition) is 3. The van der Waals surface area contributed by atoms with Crippen LogP contribution in [-0.4, -0.2) is 24.3 Å². The Hall–Kier alpha value is 0.930. The van der Waals surface area contributed by atoms with E-state index in [0.717, 1.165) is 0 Å². The summed E-state index contributed by atoms with van der Waals surface area (Å²) in [6.45, 7) is -0.701. The Kier molecular flexibility index (Phi) is 8.78. The zero-order valence-electron chi connectivity index (χ0n) is 5.27. The largest absolute Gasteiger partial charge is 0.319 e. The van der Waals surface area contributed by atoms with Crippen molar-refractivity contribution in [1.29, 1.82) is 0 Å². The van der Waals surface area contributed by atoms with Crippen LogP contribution >= 0.6 is 37.9 Å². The quantitative estimate of drug-likeness (QED) is 0.443. The van der Waals surface area contributed by atoms with Crippen molar-refractivity contribution in [3.8, 4) is 0 Å². The highest BCUT2D eigenvalue weighted by Crippen LogP contribution is 2.00. The molecule has 10 heavy (non-hydrogen) atoms. The summed E-state index contributed by atoms with van der Waals surface area (Å²) >= 11 is 11.4. The molecule has 0 N–H and O–H groups in total. The lowest BCUT2D eigenvalue weighted by Crippen LogP contribution is -2.19. The van der Waals surface area contributed by atoms with E-state index in [-0.39, 0.29) is 17.8 Å². The van der Waals surface area contributed by atoms with Gasteiger partial charge in [-0.3, -0.25) is 0 Å². The van der Waals surface area contributed by atoms with Gasteiger partial charge in [0, 0.05) is 0 Å². The highest BCUT2D eigenvalue weighted by atomic mass is 32.1. The Morgan fingerprint density at radius 2 is 1.10 bits per heavy atom. The van der Waals surface area contributed by atoms with Gasteiger partial charge in [-0.05, 0) is 0 Å².